The molecule has 2 aromatic carbocycles. The van der Waals surface area contributed by atoms with Gasteiger partial charge in [0.05, 0.1) is 11.5 Å². The van der Waals surface area contributed by atoms with Crippen molar-refractivity contribution in [2.45, 2.75) is 13.8 Å². The summed E-state index contributed by atoms with van der Waals surface area (Å²) >= 11 is 0. The third-order valence-electron chi connectivity index (χ3n) is 3.55. The van der Waals surface area contributed by atoms with Gasteiger partial charge in [0, 0.05) is 11.1 Å². The van der Waals surface area contributed by atoms with Crippen LogP contribution in [0.3, 0.4) is 0 Å². The molecule has 0 fully saturated rings. The summed E-state index contributed by atoms with van der Waals surface area (Å²) in [6.07, 6.45) is 0. The molecule has 0 atom stereocenters. The van der Waals surface area contributed by atoms with Gasteiger partial charge in [-0.2, -0.15) is 0 Å². The average molecular weight is 291 g/mol. The molecule has 110 valence electrons. The van der Waals surface area contributed by atoms with E-state index in [9.17, 15) is 9.90 Å². The molecule has 0 amide bonds. The second kappa shape index (κ2) is 5.48. The lowest BCUT2D eigenvalue weighted by atomic mass is 10.1. The van der Waals surface area contributed by atoms with Gasteiger partial charge in [-0.25, -0.2) is 4.98 Å². The molecule has 1 aromatic heterocycles. The quantitative estimate of drug-likeness (QED) is 0.805. The molecule has 0 unspecified atom stereocenters. The third-order valence-corrected chi connectivity index (χ3v) is 3.55. The van der Waals surface area contributed by atoms with Crippen LogP contribution in [-0.4, -0.2) is 11.0 Å². The van der Waals surface area contributed by atoms with Crippen molar-refractivity contribution in [2.75, 3.05) is 5.32 Å². The Morgan fingerprint density at radius 2 is 1.77 bits per heavy atom. The van der Waals surface area contributed by atoms with Gasteiger partial charge >= 0.3 is 0 Å². The Balaban J connectivity index is 1.95. The van der Waals surface area contributed by atoms with Crippen LogP contribution in [0.2, 0.25) is 0 Å². The van der Waals surface area contributed by atoms with E-state index < -0.39 is 5.97 Å². The Labute approximate surface area is 128 Å². The molecule has 0 aliphatic heterocycles. The largest absolute Gasteiger partial charge is 0.545 e. The van der Waals surface area contributed by atoms with E-state index in [1.807, 2.05) is 19.9 Å². The standard InChI is InChI=1S/C18H16N2O2/c1-11-3-4-14-10-12(2)17(20-16(14)9-11)19-15-7-5-13(6-8-15)18(21)22/h3-10H,1-2H3,(H,19,20)(H,21,22)/p-1. The zero-order valence-electron chi connectivity index (χ0n) is 12.4. The number of aryl methyl sites for hydroxylation is 2. The SMILES string of the molecule is Cc1ccc2cc(C)c(Nc3ccc(C(=O)[O-])cc3)nc2c1. The van der Waals surface area contributed by atoms with E-state index in [1.165, 1.54) is 12.1 Å². The smallest absolute Gasteiger partial charge is 0.134 e. The second-order valence-electron chi connectivity index (χ2n) is 5.34. The lowest BCUT2D eigenvalue weighted by Gasteiger charge is -2.11. The predicted octanol–water partition coefficient (Wildman–Crippen LogP) is 2.96. The molecule has 0 spiro atoms. The molecule has 0 saturated heterocycles. The summed E-state index contributed by atoms with van der Waals surface area (Å²) < 4.78 is 0. The highest BCUT2D eigenvalue weighted by Gasteiger charge is 2.05. The Kier molecular flexibility index (Phi) is 3.51. The number of anilines is 2. The van der Waals surface area contributed by atoms with E-state index in [1.54, 1.807) is 12.1 Å². The molecule has 0 aliphatic carbocycles. The molecule has 0 radical (unpaired) electrons. The molecule has 4 heteroatoms. The fraction of sp³-hybridized carbons (Fsp3) is 0.111. The monoisotopic (exact) mass is 291 g/mol. The summed E-state index contributed by atoms with van der Waals surface area (Å²) in [5, 5.41) is 15.1. The first kappa shape index (κ1) is 14.1. The zero-order valence-corrected chi connectivity index (χ0v) is 12.4. The Morgan fingerprint density at radius 1 is 1.05 bits per heavy atom. The summed E-state index contributed by atoms with van der Waals surface area (Å²) in [7, 11) is 0. The average Bonchev–Trinajstić information content (AvgIpc) is 2.49. The highest BCUT2D eigenvalue weighted by Crippen LogP contribution is 2.24. The summed E-state index contributed by atoms with van der Waals surface area (Å²) in [6, 6.07) is 14.7. The van der Waals surface area contributed by atoms with Crippen molar-refractivity contribution >= 4 is 28.4 Å². The molecular formula is C18H15N2O2-. The maximum Gasteiger partial charge on any atom is 0.134 e. The minimum atomic E-state index is -1.18. The van der Waals surface area contributed by atoms with Crippen LogP contribution < -0.4 is 10.4 Å². The predicted molar refractivity (Wildman–Crippen MR) is 85.3 cm³/mol. The summed E-state index contributed by atoms with van der Waals surface area (Å²) in [6.45, 7) is 4.02. The Bertz CT molecular complexity index is 855. The van der Waals surface area contributed by atoms with Gasteiger partial charge in [0.1, 0.15) is 5.82 Å². The number of carbonyl (C=O) groups excluding carboxylic acids is 1. The lowest BCUT2D eigenvalue weighted by Crippen LogP contribution is -2.21. The van der Waals surface area contributed by atoms with Gasteiger partial charge in [-0.05, 0) is 54.8 Å². The first-order valence-corrected chi connectivity index (χ1v) is 6.99. The maximum absolute atomic E-state index is 10.8. The van der Waals surface area contributed by atoms with Crippen molar-refractivity contribution < 1.29 is 9.90 Å². The minimum Gasteiger partial charge on any atom is -0.545 e. The highest BCUT2D eigenvalue weighted by atomic mass is 16.4. The van der Waals surface area contributed by atoms with Crippen LogP contribution in [0.4, 0.5) is 11.5 Å². The van der Waals surface area contributed by atoms with Crippen LogP contribution in [0.1, 0.15) is 21.5 Å². The number of hydrogen-bond acceptors (Lipinski definition) is 4. The number of fused-ring (bicyclic) bond motifs is 1. The number of rotatable bonds is 3. The van der Waals surface area contributed by atoms with E-state index in [-0.39, 0.29) is 5.56 Å². The van der Waals surface area contributed by atoms with Crippen LogP contribution >= 0.6 is 0 Å². The lowest BCUT2D eigenvalue weighted by molar-refractivity contribution is -0.255. The number of nitrogens with zero attached hydrogens (tertiary/aromatic N) is 1. The van der Waals surface area contributed by atoms with Crippen molar-refractivity contribution in [2.24, 2.45) is 0 Å². The van der Waals surface area contributed by atoms with Crippen LogP contribution in [0, 0.1) is 13.8 Å². The summed E-state index contributed by atoms with van der Waals surface area (Å²) in [5.74, 6) is -0.415. The summed E-state index contributed by atoms with van der Waals surface area (Å²) in [4.78, 5) is 15.4. The first-order valence-electron chi connectivity index (χ1n) is 6.99. The van der Waals surface area contributed by atoms with Gasteiger partial charge in [0.15, 0.2) is 0 Å². The minimum absolute atomic E-state index is 0.157. The van der Waals surface area contributed by atoms with Crippen molar-refractivity contribution in [3.8, 4) is 0 Å². The third kappa shape index (κ3) is 2.76. The molecular weight excluding hydrogens is 276 g/mol. The van der Waals surface area contributed by atoms with E-state index >= 15 is 0 Å². The molecule has 4 nitrogen and oxygen atoms in total. The van der Waals surface area contributed by atoms with Crippen LogP contribution in [0.5, 0.6) is 0 Å². The number of nitrogens with one attached hydrogen (secondary N) is 1. The molecule has 1 heterocycles. The number of hydrogen-bond donors (Lipinski definition) is 1. The van der Waals surface area contributed by atoms with Gasteiger partial charge in [0.25, 0.3) is 0 Å². The molecule has 22 heavy (non-hydrogen) atoms. The topological polar surface area (TPSA) is 65.0 Å². The normalized spacial score (nSPS) is 10.6. The van der Waals surface area contributed by atoms with Gasteiger partial charge in [0.2, 0.25) is 0 Å². The number of carboxylic acid groups (broad SMARTS) is 1. The number of carboxylic acids is 1. The van der Waals surface area contributed by atoms with E-state index in [2.05, 4.69) is 28.5 Å². The van der Waals surface area contributed by atoms with Crippen LogP contribution in [0.25, 0.3) is 10.9 Å². The van der Waals surface area contributed by atoms with Crippen molar-refractivity contribution in [3.05, 3.63) is 65.2 Å². The number of pyridine rings is 1. The van der Waals surface area contributed by atoms with Crippen molar-refractivity contribution in [3.63, 3.8) is 0 Å². The van der Waals surface area contributed by atoms with Gasteiger partial charge < -0.3 is 15.2 Å². The molecule has 0 saturated carbocycles. The number of aromatic nitrogens is 1. The number of benzene rings is 2. The number of carbonyl (C=O) groups is 1. The van der Waals surface area contributed by atoms with Crippen molar-refractivity contribution in [1.82, 2.24) is 4.98 Å². The van der Waals surface area contributed by atoms with E-state index in [0.717, 1.165) is 33.5 Å². The highest BCUT2D eigenvalue weighted by molar-refractivity contribution is 5.86. The van der Waals surface area contributed by atoms with Crippen LogP contribution in [0.15, 0.2) is 48.5 Å². The fourth-order valence-corrected chi connectivity index (χ4v) is 2.34. The Hall–Kier alpha value is -2.88. The second-order valence-corrected chi connectivity index (χ2v) is 5.34. The van der Waals surface area contributed by atoms with E-state index in [0.29, 0.717) is 0 Å². The maximum atomic E-state index is 10.8. The van der Waals surface area contributed by atoms with Crippen molar-refractivity contribution in [1.29, 1.82) is 0 Å². The molecule has 0 bridgehead atoms. The van der Waals surface area contributed by atoms with Gasteiger partial charge in [-0.1, -0.05) is 24.3 Å². The van der Waals surface area contributed by atoms with E-state index in [4.69, 9.17) is 0 Å². The molecule has 3 aromatic rings. The number of aromatic carboxylic acids is 1. The summed E-state index contributed by atoms with van der Waals surface area (Å²) in [5.41, 5.74) is 4.06. The fourth-order valence-electron chi connectivity index (χ4n) is 2.34. The van der Waals surface area contributed by atoms with Gasteiger partial charge in [-0.15, -0.1) is 0 Å². The Morgan fingerprint density at radius 3 is 2.45 bits per heavy atom. The van der Waals surface area contributed by atoms with Crippen LogP contribution in [-0.2, 0) is 0 Å². The zero-order chi connectivity index (χ0) is 15.7. The molecule has 0 aliphatic rings. The van der Waals surface area contributed by atoms with Gasteiger partial charge in [-0.3, -0.25) is 0 Å². The molecule has 3 rings (SSSR count). The molecule has 1 N–H and O–H groups in total. The first-order chi connectivity index (χ1) is 10.5.